The van der Waals surface area contributed by atoms with E-state index in [1.54, 1.807) is 0 Å². The molecule has 2 nitrogen and oxygen atoms in total. The molecule has 0 amide bonds. The topological polar surface area (TPSA) is 15.3 Å². The van der Waals surface area contributed by atoms with Crippen LogP contribution in [0.15, 0.2) is 0 Å². The van der Waals surface area contributed by atoms with E-state index >= 15 is 0 Å². The largest absolute Gasteiger partial charge is 0.310 e. The van der Waals surface area contributed by atoms with Crippen LogP contribution < -0.4 is 5.32 Å². The molecule has 0 aromatic rings. The van der Waals surface area contributed by atoms with Gasteiger partial charge in [-0.3, -0.25) is 0 Å². The number of fused-ring (bicyclic) bond motifs is 2. The zero-order valence-electron chi connectivity index (χ0n) is 10.5. The van der Waals surface area contributed by atoms with E-state index in [2.05, 4.69) is 10.2 Å². The Bertz CT molecular complexity index is 223. The van der Waals surface area contributed by atoms with Crippen molar-refractivity contribution in [3.05, 3.63) is 0 Å². The lowest BCUT2D eigenvalue weighted by Gasteiger charge is -2.30. The second-order valence-corrected chi connectivity index (χ2v) is 6.19. The number of likely N-dealkylation sites (tertiary alicyclic amines) is 1. The Kier molecular flexibility index (Phi) is 3.49. The van der Waals surface area contributed by atoms with Crippen LogP contribution in [0, 0.1) is 5.92 Å². The van der Waals surface area contributed by atoms with E-state index in [1.165, 1.54) is 71.0 Å². The van der Waals surface area contributed by atoms with E-state index in [9.17, 15) is 0 Å². The highest BCUT2D eigenvalue weighted by Gasteiger charge is 2.30. The summed E-state index contributed by atoms with van der Waals surface area (Å²) in [6.07, 6.45) is 11.7. The van der Waals surface area contributed by atoms with Crippen molar-refractivity contribution in [2.24, 2.45) is 5.92 Å². The number of nitrogens with zero attached hydrogens (tertiary/aromatic N) is 1. The maximum Gasteiger partial charge on any atom is 0.0198 e. The van der Waals surface area contributed by atoms with Gasteiger partial charge in [0.25, 0.3) is 0 Å². The lowest BCUT2D eigenvalue weighted by molar-refractivity contribution is 0.193. The molecule has 2 atom stereocenters. The molecule has 0 radical (unpaired) electrons. The van der Waals surface area contributed by atoms with Gasteiger partial charge in [0.05, 0.1) is 0 Å². The minimum Gasteiger partial charge on any atom is -0.310 e. The molecule has 2 bridgehead atoms. The molecule has 2 saturated heterocycles. The van der Waals surface area contributed by atoms with Gasteiger partial charge in [-0.15, -0.1) is 0 Å². The van der Waals surface area contributed by atoms with Gasteiger partial charge >= 0.3 is 0 Å². The Balaban J connectivity index is 1.50. The Morgan fingerprint density at radius 2 is 1.69 bits per heavy atom. The highest BCUT2D eigenvalue weighted by molar-refractivity contribution is 4.90. The van der Waals surface area contributed by atoms with Crippen LogP contribution >= 0.6 is 0 Å². The third-order valence-corrected chi connectivity index (χ3v) is 4.85. The normalized spacial score (nSPS) is 37.5. The lowest BCUT2D eigenvalue weighted by Crippen LogP contribution is -2.38. The molecule has 16 heavy (non-hydrogen) atoms. The van der Waals surface area contributed by atoms with Crippen LogP contribution in [0.4, 0.5) is 0 Å². The van der Waals surface area contributed by atoms with Crippen LogP contribution in [0.2, 0.25) is 0 Å². The summed E-state index contributed by atoms with van der Waals surface area (Å²) in [5, 5.41) is 3.78. The predicted molar refractivity (Wildman–Crippen MR) is 67.6 cm³/mol. The number of hydrogen-bond donors (Lipinski definition) is 1. The van der Waals surface area contributed by atoms with Gasteiger partial charge in [0.1, 0.15) is 0 Å². The molecular formula is C14H26N2. The average molecular weight is 222 g/mol. The quantitative estimate of drug-likeness (QED) is 0.772. The van der Waals surface area contributed by atoms with Crippen LogP contribution in [0.1, 0.15) is 51.4 Å². The first kappa shape index (κ1) is 11.0. The monoisotopic (exact) mass is 222 g/mol. The minimum atomic E-state index is 0.816. The zero-order chi connectivity index (χ0) is 10.8. The summed E-state index contributed by atoms with van der Waals surface area (Å²) in [5.41, 5.74) is 0. The van der Waals surface area contributed by atoms with Gasteiger partial charge in [-0.1, -0.05) is 19.3 Å². The fourth-order valence-electron chi connectivity index (χ4n) is 3.92. The van der Waals surface area contributed by atoms with Crippen LogP contribution in [-0.2, 0) is 0 Å². The van der Waals surface area contributed by atoms with Crippen molar-refractivity contribution in [2.45, 2.75) is 63.5 Å². The molecule has 1 saturated carbocycles. The second-order valence-electron chi connectivity index (χ2n) is 6.19. The minimum absolute atomic E-state index is 0.816. The first-order chi connectivity index (χ1) is 7.90. The fraction of sp³-hybridized carbons (Fsp3) is 1.00. The van der Waals surface area contributed by atoms with Crippen molar-refractivity contribution in [1.29, 1.82) is 0 Å². The summed E-state index contributed by atoms with van der Waals surface area (Å²) < 4.78 is 0. The average Bonchev–Trinajstić information content (AvgIpc) is 2.64. The van der Waals surface area contributed by atoms with Gasteiger partial charge in [0.2, 0.25) is 0 Å². The number of rotatable bonds is 2. The van der Waals surface area contributed by atoms with E-state index in [1.807, 2.05) is 0 Å². The van der Waals surface area contributed by atoms with Gasteiger partial charge in [0.15, 0.2) is 0 Å². The van der Waals surface area contributed by atoms with E-state index in [0.717, 1.165) is 18.0 Å². The molecule has 2 aliphatic heterocycles. The van der Waals surface area contributed by atoms with Crippen molar-refractivity contribution in [3.8, 4) is 0 Å². The Morgan fingerprint density at radius 3 is 2.56 bits per heavy atom. The summed E-state index contributed by atoms with van der Waals surface area (Å²) in [5.74, 6) is 1.02. The van der Waals surface area contributed by atoms with Crippen molar-refractivity contribution in [3.63, 3.8) is 0 Å². The van der Waals surface area contributed by atoms with E-state index in [0.29, 0.717) is 0 Å². The third-order valence-electron chi connectivity index (χ3n) is 4.85. The third kappa shape index (κ3) is 2.60. The van der Waals surface area contributed by atoms with Crippen LogP contribution in [0.5, 0.6) is 0 Å². The fourth-order valence-corrected chi connectivity index (χ4v) is 3.92. The van der Waals surface area contributed by atoms with E-state index in [-0.39, 0.29) is 0 Å². The molecule has 3 rings (SSSR count). The molecule has 2 unspecified atom stereocenters. The van der Waals surface area contributed by atoms with Crippen molar-refractivity contribution in [1.82, 2.24) is 10.2 Å². The molecule has 0 spiro atoms. The summed E-state index contributed by atoms with van der Waals surface area (Å²) in [4.78, 5) is 2.76. The highest BCUT2D eigenvalue weighted by Crippen LogP contribution is 2.26. The van der Waals surface area contributed by atoms with Crippen molar-refractivity contribution >= 4 is 0 Å². The summed E-state index contributed by atoms with van der Waals surface area (Å²) >= 11 is 0. The van der Waals surface area contributed by atoms with Crippen LogP contribution in [-0.4, -0.2) is 36.6 Å². The maximum absolute atomic E-state index is 3.78. The smallest absolute Gasteiger partial charge is 0.0198 e. The maximum atomic E-state index is 3.78. The SMILES string of the molecule is C1CCC(CN2CCC3CCC(C2)N3)CC1. The van der Waals surface area contributed by atoms with E-state index in [4.69, 9.17) is 0 Å². The van der Waals surface area contributed by atoms with Gasteiger partial charge in [-0.2, -0.15) is 0 Å². The molecule has 1 aliphatic carbocycles. The molecule has 3 fully saturated rings. The van der Waals surface area contributed by atoms with Gasteiger partial charge in [-0.25, -0.2) is 0 Å². The van der Waals surface area contributed by atoms with E-state index < -0.39 is 0 Å². The highest BCUT2D eigenvalue weighted by atomic mass is 15.2. The Hall–Kier alpha value is -0.0800. The molecule has 92 valence electrons. The molecule has 3 aliphatic rings. The molecule has 2 heteroatoms. The van der Waals surface area contributed by atoms with Gasteiger partial charge < -0.3 is 10.2 Å². The first-order valence-corrected chi connectivity index (χ1v) is 7.38. The number of hydrogen-bond acceptors (Lipinski definition) is 2. The van der Waals surface area contributed by atoms with Crippen LogP contribution in [0.25, 0.3) is 0 Å². The lowest BCUT2D eigenvalue weighted by atomic mass is 9.88. The Labute approximate surface area is 99.8 Å². The molecular weight excluding hydrogens is 196 g/mol. The summed E-state index contributed by atoms with van der Waals surface area (Å²) in [7, 11) is 0. The zero-order valence-corrected chi connectivity index (χ0v) is 10.5. The van der Waals surface area contributed by atoms with Crippen LogP contribution in [0.3, 0.4) is 0 Å². The number of nitrogens with one attached hydrogen (secondary N) is 1. The van der Waals surface area contributed by atoms with Crippen molar-refractivity contribution < 1.29 is 0 Å². The predicted octanol–water partition coefficient (Wildman–Crippen LogP) is 2.39. The Morgan fingerprint density at radius 1 is 0.875 bits per heavy atom. The molecule has 0 aromatic heterocycles. The second kappa shape index (κ2) is 5.05. The molecule has 2 heterocycles. The molecule has 1 N–H and O–H groups in total. The van der Waals surface area contributed by atoms with Gasteiger partial charge in [-0.05, 0) is 44.6 Å². The standard InChI is InChI=1S/C14H26N2/c1-2-4-12(5-3-1)10-16-9-8-13-6-7-14(11-16)15-13/h12-15H,1-11H2. The summed E-state index contributed by atoms with van der Waals surface area (Å²) in [6, 6.07) is 1.66. The van der Waals surface area contributed by atoms with Gasteiger partial charge in [0, 0.05) is 25.2 Å². The van der Waals surface area contributed by atoms with Crippen molar-refractivity contribution in [2.75, 3.05) is 19.6 Å². The molecule has 0 aromatic carbocycles. The summed E-state index contributed by atoms with van der Waals surface area (Å²) in [6.45, 7) is 4.07. The first-order valence-electron chi connectivity index (χ1n) is 7.38.